The third-order valence-corrected chi connectivity index (χ3v) is 4.27. The van der Waals surface area contributed by atoms with Gasteiger partial charge in [-0.3, -0.25) is 9.59 Å². The smallest absolute Gasteiger partial charge is 0.252 e. The highest BCUT2D eigenvalue weighted by Crippen LogP contribution is 2.15. The summed E-state index contributed by atoms with van der Waals surface area (Å²) in [6.45, 7) is 2.90. The Bertz CT molecular complexity index is 711. The van der Waals surface area contributed by atoms with Crippen LogP contribution >= 0.6 is 0 Å². The van der Waals surface area contributed by atoms with Crippen LogP contribution in [0.15, 0.2) is 30.7 Å². The van der Waals surface area contributed by atoms with Crippen LogP contribution in [0.2, 0.25) is 0 Å². The summed E-state index contributed by atoms with van der Waals surface area (Å²) in [4.78, 5) is 29.8. The van der Waals surface area contributed by atoms with Crippen LogP contribution in [0.4, 0.5) is 0 Å². The van der Waals surface area contributed by atoms with Gasteiger partial charge in [0.2, 0.25) is 5.91 Å². The number of carbonyl (C=O) groups excluding carboxylic acids is 2. The summed E-state index contributed by atoms with van der Waals surface area (Å²) < 4.78 is 1.82. The van der Waals surface area contributed by atoms with Crippen molar-refractivity contribution < 1.29 is 9.59 Å². The zero-order valence-corrected chi connectivity index (χ0v) is 12.9. The van der Waals surface area contributed by atoms with E-state index in [0.717, 1.165) is 31.6 Å². The van der Waals surface area contributed by atoms with E-state index in [1.165, 1.54) is 0 Å². The van der Waals surface area contributed by atoms with Crippen LogP contribution in [0.3, 0.4) is 0 Å². The molecule has 23 heavy (non-hydrogen) atoms. The zero-order chi connectivity index (χ0) is 16.2. The van der Waals surface area contributed by atoms with E-state index in [2.05, 4.69) is 15.2 Å². The second-order valence-corrected chi connectivity index (χ2v) is 5.91. The number of nitrogens with one attached hydrogen (secondary N) is 1. The Morgan fingerprint density at radius 2 is 2.26 bits per heavy atom. The number of pyridine rings is 1. The number of rotatable bonds is 5. The molecule has 1 fully saturated rings. The predicted molar refractivity (Wildman–Crippen MR) is 85.9 cm³/mol. The van der Waals surface area contributed by atoms with Crippen LogP contribution in [-0.4, -0.2) is 52.3 Å². The molecule has 0 aromatic carbocycles. The molecule has 7 heteroatoms. The molecule has 0 radical (unpaired) electrons. The van der Waals surface area contributed by atoms with E-state index in [1.54, 1.807) is 18.5 Å². The lowest BCUT2D eigenvalue weighted by Gasteiger charge is -2.31. The van der Waals surface area contributed by atoms with Gasteiger partial charge in [0.15, 0.2) is 0 Å². The molecule has 3 heterocycles. The zero-order valence-electron chi connectivity index (χ0n) is 12.9. The van der Waals surface area contributed by atoms with E-state index in [4.69, 9.17) is 5.73 Å². The first-order valence-corrected chi connectivity index (χ1v) is 7.86. The molecule has 0 aliphatic carbocycles. The molecule has 0 saturated carbocycles. The SMILES string of the molecule is NC(=O)[C@@H]1CCCN(CCNC(=O)c2ccc3nccn3c2)C1. The molecular weight excluding hydrogens is 294 g/mol. The molecule has 122 valence electrons. The topological polar surface area (TPSA) is 92.7 Å². The monoisotopic (exact) mass is 315 g/mol. The number of aromatic nitrogens is 2. The van der Waals surface area contributed by atoms with Crippen LogP contribution < -0.4 is 11.1 Å². The number of nitrogens with two attached hydrogens (primary N) is 1. The maximum absolute atomic E-state index is 12.2. The van der Waals surface area contributed by atoms with Crippen LogP contribution in [-0.2, 0) is 4.79 Å². The summed E-state index contributed by atoms with van der Waals surface area (Å²) in [6, 6.07) is 3.58. The molecule has 3 rings (SSSR count). The second kappa shape index (κ2) is 6.78. The Hall–Kier alpha value is -2.41. The number of hydrogen-bond acceptors (Lipinski definition) is 4. The maximum atomic E-state index is 12.2. The summed E-state index contributed by atoms with van der Waals surface area (Å²) in [6.07, 6.45) is 7.11. The Kier molecular flexibility index (Phi) is 4.57. The quantitative estimate of drug-likeness (QED) is 0.828. The van der Waals surface area contributed by atoms with Crippen LogP contribution in [0.5, 0.6) is 0 Å². The van der Waals surface area contributed by atoms with E-state index in [0.29, 0.717) is 18.7 Å². The van der Waals surface area contributed by atoms with Crippen molar-refractivity contribution in [1.82, 2.24) is 19.6 Å². The Morgan fingerprint density at radius 1 is 1.39 bits per heavy atom. The molecule has 1 aliphatic heterocycles. The lowest BCUT2D eigenvalue weighted by atomic mass is 9.97. The van der Waals surface area contributed by atoms with Crippen molar-refractivity contribution in [1.29, 1.82) is 0 Å². The molecule has 3 N–H and O–H groups in total. The second-order valence-electron chi connectivity index (χ2n) is 5.91. The van der Waals surface area contributed by atoms with Crippen molar-refractivity contribution in [2.24, 2.45) is 11.7 Å². The lowest BCUT2D eigenvalue weighted by Crippen LogP contribution is -2.44. The molecule has 0 spiro atoms. The van der Waals surface area contributed by atoms with Gasteiger partial charge >= 0.3 is 0 Å². The van der Waals surface area contributed by atoms with E-state index < -0.39 is 0 Å². The highest BCUT2D eigenvalue weighted by atomic mass is 16.2. The fourth-order valence-electron chi connectivity index (χ4n) is 2.97. The molecule has 0 bridgehead atoms. The van der Waals surface area contributed by atoms with Crippen LogP contribution in [0.25, 0.3) is 5.65 Å². The summed E-state index contributed by atoms with van der Waals surface area (Å²) in [5.74, 6) is -0.403. The Labute approximate surface area is 134 Å². The fourth-order valence-corrected chi connectivity index (χ4v) is 2.97. The summed E-state index contributed by atoms with van der Waals surface area (Å²) in [5, 5.41) is 2.92. The van der Waals surface area contributed by atoms with Gasteiger partial charge < -0.3 is 20.4 Å². The van der Waals surface area contributed by atoms with Gasteiger partial charge in [0.1, 0.15) is 5.65 Å². The van der Waals surface area contributed by atoms with E-state index in [-0.39, 0.29) is 17.7 Å². The molecule has 2 aromatic rings. The predicted octanol–water partition coefficient (Wildman–Crippen LogP) is 0.261. The minimum Gasteiger partial charge on any atom is -0.369 e. The van der Waals surface area contributed by atoms with Gasteiger partial charge in [-0.2, -0.15) is 0 Å². The number of nitrogens with zero attached hydrogens (tertiary/aromatic N) is 3. The van der Waals surface area contributed by atoms with Gasteiger partial charge in [-0.1, -0.05) is 0 Å². The van der Waals surface area contributed by atoms with Crippen molar-refractivity contribution in [3.63, 3.8) is 0 Å². The van der Waals surface area contributed by atoms with E-state index in [1.807, 2.05) is 16.7 Å². The van der Waals surface area contributed by atoms with Gasteiger partial charge in [-0.05, 0) is 31.5 Å². The Balaban J connectivity index is 1.50. The first kappa shape index (κ1) is 15.5. The molecule has 7 nitrogen and oxygen atoms in total. The van der Waals surface area contributed by atoms with Gasteiger partial charge in [0.25, 0.3) is 5.91 Å². The fraction of sp³-hybridized carbons (Fsp3) is 0.438. The number of fused-ring (bicyclic) bond motifs is 1. The first-order chi connectivity index (χ1) is 11.1. The average molecular weight is 315 g/mol. The van der Waals surface area contributed by atoms with Gasteiger partial charge in [-0.15, -0.1) is 0 Å². The highest BCUT2D eigenvalue weighted by Gasteiger charge is 2.23. The molecule has 0 unspecified atom stereocenters. The van der Waals surface area contributed by atoms with Crippen molar-refractivity contribution >= 4 is 17.5 Å². The van der Waals surface area contributed by atoms with E-state index >= 15 is 0 Å². The summed E-state index contributed by atoms with van der Waals surface area (Å²) >= 11 is 0. The Morgan fingerprint density at radius 3 is 3.09 bits per heavy atom. The van der Waals surface area contributed by atoms with E-state index in [9.17, 15) is 9.59 Å². The number of hydrogen-bond donors (Lipinski definition) is 2. The molecule has 1 aliphatic rings. The number of primary amides is 1. The molecule has 1 saturated heterocycles. The molecular formula is C16H21N5O2. The highest BCUT2D eigenvalue weighted by molar-refractivity contribution is 5.94. The lowest BCUT2D eigenvalue weighted by molar-refractivity contribution is -0.123. The number of likely N-dealkylation sites (tertiary alicyclic amines) is 1. The maximum Gasteiger partial charge on any atom is 0.252 e. The molecule has 2 aromatic heterocycles. The minimum atomic E-state index is -0.229. The van der Waals surface area contributed by atoms with Crippen molar-refractivity contribution in [2.45, 2.75) is 12.8 Å². The summed E-state index contributed by atoms with van der Waals surface area (Å²) in [5.41, 5.74) is 6.79. The third kappa shape index (κ3) is 3.68. The number of piperidine rings is 1. The van der Waals surface area contributed by atoms with Crippen LogP contribution in [0, 0.1) is 5.92 Å². The first-order valence-electron chi connectivity index (χ1n) is 7.86. The van der Waals surface area contributed by atoms with Crippen molar-refractivity contribution in [3.8, 4) is 0 Å². The van der Waals surface area contributed by atoms with Gasteiger partial charge in [0.05, 0.1) is 11.5 Å². The van der Waals surface area contributed by atoms with Crippen molar-refractivity contribution in [2.75, 3.05) is 26.2 Å². The minimum absolute atomic E-state index is 0.0666. The number of amides is 2. The standard InChI is InChI=1S/C16H21N5O2/c17-15(22)12-2-1-7-20(10-12)8-5-19-16(23)13-3-4-14-18-6-9-21(14)11-13/h3-4,6,9,11-12H,1-2,5,7-8,10H2,(H2,17,22)(H,19,23)/t12-/m1/s1. The molecule has 2 amide bonds. The van der Waals surface area contributed by atoms with Gasteiger partial charge in [-0.25, -0.2) is 4.98 Å². The largest absolute Gasteiger partial charge is 0.369 e. The average Bonchev–Trinajstić information content (AvgIpc) is 3.02. The van der Waals surface area contributed by atoms with Gasteiger partial charge in [0, 0.05) is 38.2 Å². The molecule has 1 atom stereocenters. The summed E-state index contributed by atoms with van der Waals surface area (Å²) in [7, 11) is 0. The van der Waals surface area contributed by atoms with Crippen molar-refractivity contribution in [3.05, 3.63) is 36.3 Å². The van der Waals surface area contributed by atoms with Crippen LogP contribution in [0.1, 0.15) is 23.2 Å². The number of carbonyl (C=O) groups is 2. The number of imidazole rings is 1. The normalized spacial score (nSPS) is 18.9. The third-order valence-electron chi connectivity index (χ3n) is 4.27.